The van der Waals surface area contributed by atoms with Gasteiger partial charge < -0.3 is 4.74 Å². The molecule has 0 amide bonds. The second kappa shape index (κ2) is 6.15. The Kier molecular flexibility index (Phi) is 4.54. The fourth-order valence-corrected chi connectivity index (χ4v) is 2.51. The molecule has 0 aliphatic carbocycles. The molecule has 2 unspecified atom stereocenters. The van der Waals surface area contributed by atoms with Crippen molar-refractivity contribution < 1.29 is 4.74 Å². The van der Waals surface area contributed by atoms with E-state index in [0.717, 1.165) is 26.1 Å². The highest BCUT2D eigenvalue weighted by Gasteiger charge is 2.20. The first-order valence-corrected chi connectivity index (χ1v) is 6.37. The fraction of sp³-hybridized carbons (Fsp3) is 0.571. The van der Waals surface area contributed by atoms with Crippen molar-refractivity contribution in [2.75, 3.05) is 13.2 Å². The van der Waals surface area contributed by atoms with Gasteiger partial charge in [-0.15, -0.1) is 0 Å². The Morgan fingerprint density at radius 3 is 3.06 bits per heavy atom. The largest absolute Gasteiger partial charge is 0.381 e. The second-order valence-electron chi connectivity index (χ2n) is 5.02. The van der Waals surface area contributed by atoms with Crippen LogP contribution in [0.2, 0.25) is 0 Å². The van der Waals surface area contributed by atoms with Gasteiger partial charge in [-0.3, -0.25) is 11.3 Å². The van der Waals surface area contributed by atoms with Crippen molar-refractivity contribution in [1.82, 2.24) is 5.43 Å². The Bertz CT molecular complexity index is 348. The molecule has 1 fully saturated rings. The first kappa shape index (κ1) is 12.6. The van der Waals surface area contributed by atoms with Crippen LogP contribution in [-0.2, 0) is 11.2 Å². The molecule has 1 aromatic rings. The lowest BCUT2D eigenvalue weighted by molar-refractivity contribution is 0.181. The molecular weight excluding hydrogens is 212 g/mol. The first-order chi connectivity index (χ1) is 8.28. The lowest BCUT2D eigenvalue weighted by Crippen LogP contribution is -2.38. The maximum atomic E-state index is 5.65. The highest BCUT2D eigenvalue weighted by molar-refractivity contribution is 5.22. The predicted molar refractivity (Wildman–Crippen MR) is 69.5 cm³/mol. The molecular formula is C14H22N2O. The van der Waals surface area contributed by atoms with Gasteiger partial charge in [-0.1, -0.05) is 29.8 Å². The standard InChI is InChI=1S/C14H22N2O/c1-11-3-2-4-12(7-11)8-14(16-15)9-13-5-6-17-10-13/h2-4,7,13-14,16H,5-6,8-10,15H2,1H3. The molecule has 0 spiro atoms. The number of hydrazine groups is 1. The quantitative estimate of drug-likeness (QED) is 0.603. The summed E-state index contributed by atoms with van der Waals surface area (Å²) in [6.07, 6.45) is 3.27. The SMILES string of the molecule is Cc1cccc(CC(CC2CCOC2)NN)c1. The van der Waals surface area contributed by atoms with Gasteiger partial charge in [0.1, 0.15) is 0 Å². The van der Waals surface area contributed by atoms with E-state index < -0.39 is 0 Å². The number of hydrogen-bond acceptors (Lipinski definition) is 3. The van der Waals surface area contributed by atoms with Crippen LogP contribution in [0.5, 0.6) is 0 Å². The first-order valence-electron chi connectivity index (χ1n) is 6.37. The predicted octanol–water partition coefficient (Wildman–Crippen LogP) is 1.80. The third-order valence-electron chi connectivity index (χ3n) is 3.44. The lowest BCUT2D eigenvalue weighted by atomic mass is 9.94. The molecule has 2 rings (SSSR count). The minimum atomic E-state index is 0.350. The summed E-state index contributed by atoms with van der Waals surface area (Å²) >= 11 is 0. The molecule has 1 aromatic carbocycles. The number of nitrogens with two attached hydrogens (primary N) is 1. The van der Waals surface area contributed by atoms with Crippen molar-refractivity contribution in [3.8, 4) is 0 Å². The van der Waals surface area contributed by atoms with Crippen molar-refractivity contribution >= 4 is 0 Å². The summed E-state index contributed by atoms with van der Waals surface area (Å²) in [4.78, 5) is 0. The van der Waals surface area contributed by atoms with E-state index in [0.29, 0.717) is 12.0 Å². The van der Waals surface area contributed by atoms with E-state index >= 15 is 0 Å². The van der Waals surface area contributed by atoms with Crippen LogP contribution in [0, 0.1) is 12.8 Å². The summed E-state index contributed by atoms with van der Waals surface area (Å²) in [6.45, 7) is 3.93. The van der Waals surface area contributed by atoms with E-state index in [1.165, 1.54) is 17.5 Å². The maximum Gasteiger partial charge on any atom is 0.0495 e. The molecule has 0 radical (unpaired) electrons. The van der Waals surface area contributed by atoms with Gasteiger partial charge in [-0.25, -0.2) is 0 Å². The van der Waals surface area contributed by atoms with Crippen molar-refractivity contribution in [3.63, 3.8) is 0 Å². The van der Waals surface area contributed by atoms with Gasteiger partial charge in [0.25, 0.3) is 0 Å². The van der Waals surface area contributed by atoms with E-state index in [1.54, 1.807) is 0 Å². The van der Waals surface area contributed by atoms with Crippen LogP contribution in [0.25, 0.3) is 0 Å². The van der Waals surface area contributed by atoms with Gasteiger partial charge >= 0.3 is 0 Å². The topological polar surface area (TPSA) is 47.3 Å². The molecule has 0 bridgehead atoms. The molecule has 3 nitrogen and oxygen atoms in total. The van der Waals surface area contributed by atoms with E-state index in [-0.39, 0.29) is 0 Å². The van der Waals surface area contributed by atoms with Gasteiger partial charge in [0.2, 0.25) is 0 Å². The summed E-state index contributed by atoms with van der Waals surface area (Å²) in [5, 5.41) is 0. The van der Waals surface area contributed by atoms with Crippen LogP contribution in [-0.4, -0.2) is 19.3 Å². The van der Waals surface area contributed by atoms with E-state index in [9.17, 15) is 0 Å². The molecule has 3 N–H and O–H groups in total. The van der Waals surface area contributed by atoms with E-state index in [2.05, 4.69) is 36.6 Å². The van der Waals surface area contributed by atoms with Gasteiger partial charge in [0.15, 0.2) is 0 Å². The third-order valence-corrected chi connectivity index (χ3v) is 3.44. The molecule has 1 aliphatic rings. The Morgan fingerprint density at radius 2 is 2.41 bits per heavy atom. The molecule has 0 saturated carbocycles. The molecule has 0 aromatic heterocycles. The average molecular weight is 234 g/mol. The number of nitrogens with one attached hydrogen (secondary N) is 1. The van der Waals surface area contributed by atoms with Gasteiger partial charge in [-0.05, 0) is 37.7 Å². The normalized spacial score (nSPS) is 21.6. The molecule has 1 aliphatic heterocycles. The van der Waals surface area contributed by atoms with Crippen LogP contribution in [0.1, 0.15) is 24.0 Å². The fourth-order valence-electron chi connectivity index (χ4n) is 2.51. The number of ether oxygens (including phenoxy) is 1. The van der Waals surface area contributed by atoms with Gasteiger partial charge in [0.05, 0.1) is 0 Å². The maximum absolute atomic E-state index is 5.65. The van der Waals surface area contributed by atoms with E-state index in [1.807, 2.05) is 0 Å². The summed E-state index contributed by atoms with van der Waals surface area (Å²) < 4.78 is 5.40. The zero-order valence-electron chi connectivity index (χ0n) is 10.5. The van der Waals surface area contributed by atoms with Crippen LogP contribution < -0.4 is 11.3 Å². The number of rotatable bonds is 5. The Hall–Kier alpha value is -0.900. The molecule has 3 heteroatoms. The van der Waals surface area contributed by atoms with Crippen LogP contribution in [0.4, 0.5) is 0 Å². The van der Waals surface area contributed by atoms with Crippen molar-refractivity contribution in [3.05, 3.63) is 35.4 Å². The molecule has 1 saturated heterocycles. The summed E-state index contributed by atoms with van der Waals surface area (Å²) in [7, 11) is 0. The molecule has 94 valence electrons. The van der Waals surface area contributed by atoms with Gasteiger partial charge in [0, 0.05) is 19.3 Å². The van der Waals surface area contributed by atoms with Crippen molar-refractivity contribution in [2.24, 2.45) is 11.8 Å². The number of aryl methyl sites for hydroxylation is 1. The molecule has 1 heterocycles. The monoisotopic (exact) mass is 234 g/mol. The molecule has 2 atom stereocenters. The van der Waals surface area contributed by atoms with Crippen molar-refractivity contribution in [2.45, 2.75) is 32.2 Å². The highest BCUT2D eigenvalue weighted by atomic mass is 16.5. The summed E-state index contributed by atoms with van der Waals surface area (Å²) in [5.41, 5.74) is 5.60. The number of hydrogen-bond donors (Lipinski definition) is 2. The summed E-state index contributed by atoms with van der Waals surface area (Å²) in [5.74, 6) is 6.31. The zero-order chi connectivity index (χ0) is 12.1. The zero-order valence-corrected chi connectivity index (χ0v) is 10.5. The van der Waals surface area contributed by atoms with Crippen LogP contribution in [0.3, 0.4) is 0 Å². The average Bonchev–Trinajstić information content (AvgIpc) is 2.81. The minimum absolute atomic E-state index is 0.350. The molecule has 17 heavy (non-hydrogen) atoms. The lowest BCUT2D eigenvalue weighted by Gasteiger charge is -2.19. The highest BCUT2D eigenvalue weighted by Crippen LogP contribution is 2.19. The summed E-state index contributed by atoms with van der Waals surface area (Å²) in [6, 6.07) is 8.98. The van der Waals surface area contributed by atoms with Crippen LogP contribution >= 0.6 is 0 Å². The number of benzene rings is 1. The van der Waals surface area contributed by atoms with Crippen LogP contribution in [0.15, 0.2) is 24.3 Å². The Morgan fingerprint density at radius 1 is 1.53 bits per heavy atom. The van der Waals surface area contributed by atoms with Gasteiger partial charge in [-0.2, -0.15) is 0 Å². The minimum Gasteiger partial charge on any atom is -0.381 e. The van der Waals surface area contributed by atoms with E-state index in [4.69, 9.17) is 10.6 Å². The Labute approximate surface area is 103 Å². The van der Waals surface area contributed by atoms with Crippen molar-refractivity contribution in [1.29, 1.82) is 0 Å². The Balaban J connectivity index is 1.90. The third kappa shape index (κ3) is 3.80. The smallest absolute Gasteiger partial charge is 0.0495 e. The second-order valence-corrected chi connectivity index (χ2v) is 5.02.